The molecule has 1 unspecified atom stereocenters. The van der Waals surface area contributed by atoms with E-state index >= 15 is 0 Å². The standard InChI is InChI=1S/C20H21FN4O4/c1-28-18-8-4-5-9-19(18)29-11-10-22-20(27)16-12-25(24-23-16)13-17(26)14-6-2-3-7-15(14)21/h2-9,12,17,26H,10-11,13H2,1H3,(H,22,27). The molecule has 1 heterocycles. The van der Waals surface area contributed by atoms with E-state index in [0.29, 0.717) is 11.5 Å². The van der Waals surface area contributed by atoms with Crippen molar-refractivity contribution in [1.82, 2.24) is 20.3 Å². The summed E-state index contributed by atoms with van der Waals surface area (Å²) in [5.41, 5.74) is 0.241. The number of rotatable bonds is 9. The molecule has 2 N–H and O–H groups in total. The van der Waals surface area contributed by atoms with Crippen LogP contribution in [0.4, 0.5) is 4.39 Å². The number of carbonyl (C=O) groups excluding carboxylic acids is 1. The van der Waals surface area contributed by atoms with E-state index in [1.54, 1.807) is 31.4 Å². The van der Waals surface area contributed by atoms with Crippen LogP contribution in [0.1, 0.15) is 22.2 Å². The Labute approximate surface area is 166 Å². The van der Waals surface area contributed by atoms with Crippen LogP contribution in [0, 0.1) is 5.82 Å². The lowest BCUT2D eigenvalue weighted by Gasteiger charge is -2.11. The Morgan fingerprint density at radius 3 is 2.69 bits per heavy atom. The van der Waals surface area contributed by atoms with Crippen LogP contribution in [0.15, 0.2) is 54.7 Å². The van der Waals surface area contributed by atoms with Crippen LogP contribution in [0.3, 0.4) is 0 Å². The summed E-state index contributed by atoms with van der Waals surface area (Å²) in [5.74, 6) is 0.251. The monoisotopic (exact) mass is 400 g/mol. The highest BCUT2D eigenvalue weighted by molar-refractivity contribution is 5.91. The van der Waals surface area contributed by atoms with Gasteiger partial charge in [0.05, 0.1) is 26.4 Å². The van der Waals surface area contributed by atoms with Crippen LogP contribution in [-0.4, -0.2) is 46.3 Å². The number of para-hydroxylation sites is 2. The van der Waals surface area contributed by atoms with Gasteiger partial charge in [-0.15, -0.1) is 5.10 Å². The molecule has 0 aliphatic rings. The zero-order chi connectivity index (χ0) is 20.6. The molecule has 3 rings (SSSR count). The maximum absolute atomic E-state index is 13.7. The lowest BCUT2D eigenvalue weighted by atomic mass is 10.1. The van der Waals surface area contributed by atoms with Crippen LogP contribution >= 0.6 is 0 Å². The van der Waals surface area contributed by atoms with E-state index in [4.69, 9.17) is 9.47 Å². The molecule has 0 bridgehead atoms. The average molecular weight is 400 g/mol. The van der Waals surface area contributed by atoms with Crippen LogP contribution in [0.2, 0.25) is 0 Å². The first-order valence-corrected chi connectivity index (χ1v) is 8.95. The van der Waals surface area contributed by atoms with Gasteiger partial charge < -0.3 is 19.9 Å². The predicted octanol–water partition coefficient (Wildman–Crippen LogP) is 1.97. The van der Waals surface area contributed by atoms with Gasteiger partial charge in [-0.05, 0) is 18.2 Å². The lowest BCUT2D eigenvalue weighted by molar-refractivity contribution is 0.0941. The van der Waals surface area contributed by atoms with Crippen molar-refractivity contribution >= 4 is 5.91 Å². The van der Waals surface area contributed by atoms with Gasteiger partial charge in [-0.1, -0.05) is 35.5 Å². The number of amides is 1. The fourth-order valence-electron chi connectivity index (χ4n) is 2.67. The molecule has 1 aromatic heterocycles. The zero-order valence-corrected chi connectivity index (χ0v) is 15.8. The normalized spacial score (nSPS) is 11.7. The fourth-order valence-corrected chi connectivity index (χ4v) is 2.67. The second kappa shape index (κ2) is 9.65. The largest absolute Gasteiger partial charge is 0.493 e. The summed E-state index contributed by atoms with van der Waals surface area (Å²) in [7, 11) is 1.55. The summed E-state index contributed by atoms with van der Waals surface area (Å²) in [6.45, 7) is 0.464. The number of ether oxygens (including phenoxy) is 2. The fraction of sp³-hybridized carbons (Fsp3) is 0.250. The number of nitrogens with one attached hydrogen (secondary N) is 1. The highest BCUT2D eigenvalue weighted by Crippen LogP contribution is 2.25. The number of hydrogen-bond donors (Lipinski definition) is 2. The number of aliphatic hydroxyl groups excluding tert-OH is 1. The Hall–Kier alpha value is -3.46. The van der Waals surface area contributed by atoms with Gasteiger partial charge in [-0.3, -0.25) is 4.79 Å². The molecule has 0 radical (unpaired) electrons. The van der Waals surface area contributed by atoms with Crippen molar-refractivity contribution in [3.63, 3.8) is 0 Å². The van der Waals surface area contributed by atoms with E-state index in [1.165, 1.54) is 23.0 Å². The van der Waals surface area contributed by atoms with Crippen molar-refractivity contribution in [2.75, 3.05) is 20.3 Å². The first-order valence-electron chi connectivity index (χ1n) is 8.95. The number of benzene rings is 2. The summed E-state index contributed by atoms with van der Waals surface area (Å²) >= 11 is 0. The molecular weight excluding hydrogens is 379 g/mol. The van der Waals surface area contributed by atoms with Crippen molar-refractivity contribution in [2.24, 2.45) is 0 Å². The number of halogens is 1. The maximum Gasteiger partial charge on any atom is 0.273 e. The van der Waals surface area contributed by atoms with Crippen LogP contribution in [0.25, 0.3) is 0 Å². The van der Waals surface area contributed by atoms with Crippen molar-refractivity contribution in [3.8, 4) is 11.5 Å². The molecule has 0 saturated heterocycles. The summed E-state index contributed by atoms with van der Waals surface area (Å²) in [4.78, 5) is 12.2. The highest BCUT2D eigenvalue weighted by Gasteiger charge is 2.16. The number of aliphatic hydroxyl groups is 1. The van der Waals surface area contributed by atoms with E-state index in [9.17, 15) is 14.3 Å². The molecule has 8 nitrogen and oxygen atoms in total. The Morgan fingerprint density at radius 2 is 1.93 bits per heavy atom. The number of methoxy groups -OCH3 is 1. The van der Waals surface area contributed by atoms with Gasteiger partial charge in [-0.2, -0.15) is 0 Å². The third-order valence-corrected chi connectivity index (χ3v) is 4.11. The van der Waals surface area contributed by atoms with Crippen LogP contribution < -0.4 is 14.8 Å². The Balaban J connectivity index is 1.48. The minimum Gasteiger partial charge on any atom is -0.493 e. The van der Waals surface area contributed by atoms with Crippen LogP contribution in [0.5, 0.6) is 11.5 Å². The minimum atomic E-state index is -1.11. The SMILES string of the molecule is COc1ccccc1OCCNC(=O)c1cn(CC(O)c2ccccc2F)nn1. The molecule has 0 saturated carbocycles. The lowest BCUT2D eigenvalue weighted by Crippen LogP contribution is -2.28. The number of hydrogen-bond acceptors (Lipinski definition) is 6. The number of aromatic nitrogens is 3. The second-order valence-corrected chi connectivity index (χ2v) is 6.12. The zero-order valence-electron chi connectivity index (χ0n) is 15.8. The molecule has 29 heavy (non-hydrogen) atoms. The van der Waals surface area contributed by atoms with Crippen LogP contribution in [-0.2, 0) is 6.54 Å². The first-order chi connectivity index (χ1) is 14.1. The smallest absolute Gasteiger partial charge is 0.273 e. The van der Waals surface area contributed by atoms with Gasteiger partial charge in [0.1, 0.15) is 18.5 Å². The van der Waals surface area contributed by atoms with Gasteiger partial charge in [-0.25, -0.2) is 9.07 Å². The van der Waals surface area contributed by atoms with E-state index in [2.05, 4.69) is 15.6 Å². The Morgan fingerprint density at radius 1 is 1.21 bits per heavy atom. The average Bonchev–Trinajstić information content (AvgIpc) is 3.20. The third-order valence-electron chi connectivity index (χ3n) is 4.11. The molecule has 2 aromatic carbocycles. The quantitative estimate of drug-likeness (QED) is 0.533. The maximum atomic E-state index is 13.7. The van der Waals surface area contributed by atoms with Crippen molar-refractivity contribution in [2.45, 2.75) is 12.6 Å². The van der Waals surface area contributed by atoms with Crippen molar-refractivity contribution < 1.29 is 23.8 Å². The van der Waals surface area contributed by atoms with E-state index in [-0.39, 0.29) is 31.0 Å². The highest BCUT2D eigenvalue weighted by atomic mass is 19.1. The topological polar surface area (TPSA) is 98.5 Å². The third kappa shape index (κ3) is 5.29. The summed E-state index contributed by atoms with van der Waals surface area (Å²) < 4.78 is 25.8. The van der Waals surface area contributed by atoms with Gasteiger partial charge in [0.2, 0.25) is 0 Å². The van der Waals surface area contributed by atoms with Gasteiger partial charge in [0, 0.05) is 5.56 Å². The molecule has 9 heteroatoms. The van der Waals surface area contributed by atoms with Gasteiger partial charge in [0.25, 0.3) is 5.91 Å². The predicted molar refractivity (Wildman–Crippen MR) is 102 cm³/mol. The van der Waals surface area contributed by atoms with Gasteiger partial charge in [0.15, 0.2) is 17.2 Å². The molecule has 1 atom stereocenters. The summed E-state index contributed by atoms with van der Waals surface area (Å²) in [6.07, 6.45) is 0.281. The van der Waals surface area contributed by atoms with E-state index < -0.39 is 17.8 Å². The van der Waals surface area contributed by atoms with Gasteiger partial charge >= 0.3 is 0 Å². The second-order valence-electron chi connectivity index (χ2n) is 6.12. The molecule has 3 aromatic rings. The molecule has 0 aliphatic carbocycles. The molecule has 0 fully saturated rings. The van der Waals surface area contributed by atoms with Crippen molar-refractivity contribution in [3.05, 3.63) is 71.8 Å². The first kappa shape index (κ1) is 20.3. The molecular formula is C20H21FN4O4. The molecule has 1 amide bonds. The van der Waals surface area contributed by atoms with E-state index in [0.717, 1.165) is 0 Å². The van der Waals surface area contributed by atoms with Crippen molar-refractivity contribution in [1.29, 1.82) is 0 Å². The molecule has 152 valence electrons. The minimum absolute atomic E-state index is 0.0296. The Kier molecular flexibility index (Phi) is 6.75. The molecule has 0 aliphatic heterocycles. The summed E-state index contributed by atoms with van der Waals surface area (Å²) in [6, 6.07) is 13.1. The van der Waals surface area contributed by atoms with E-state index in [1.807, 2.05) is 12.1 Å². The number of carbonyl (C=O) groups is 1. The molecule has 0 spiro atoms. The summed E-state index contributed by atoms with van der Waals surface area (Å²) in [5, 5.41) is 20.4. The Bertz CT molecular complexity index is 963. The number of nitrogens with zero attached hydrogens (tertiary/aromatic N) is 3.